The molecule has 166 valence electrons. The van der Waals surface area contributed by atoms with Gasteiger partial charge in [0.2, 0.25) is 0 Å². The zero-order valence-electron chi connectivity index (χ0n) is 16.7. The number of nitrogens with zero attached hydrogens (tertiary/aromatic N) is 1. The van der Waals surface area contributed by atoms with Gasteiger partial charge in [0, 0.05) is 0 Å². The zero-order chi connectivity index (χ0) is 23.3. The fraction of sp³-hybridized carbons (Fsp3) is 0.143. The molecule has 0 bridgehead atoms. The molecule has 3 rings (SSSR count). The molecule has 11 heteroatoms. The first-order valence-corrected chi connectivity index (χ1v) is 10.1. The molecule has 2 N–H and O–H groups in total. The number of hydrogen-bond donors (Lipinski definition) is 2. The molecule has 0 radical (unpaired) electrons. The smallest absolute Gasteiger partial charge is 0.357 e. The lowest BCUT2D eigenvalue weighted by atomic mass is 10.1. The summed E-state index contributed by atoms with van der Waals surface area (Å²) in [4.78, 5) is 37.6. The molecule has 0 saturated carbocycles. The van der Waals surface area contributed by atoms with Gasteiger partial charge in [0.15, 0.2) is 11.5 Å². The topological polar surface area (TPSA) is 127 Å². The van der Waals surface area contributed by atoms with Crippen molar-refractivity contribution in [3.8, 4) is 11.5 Å². The minimum atomic E-state index is -1.10. The Morgan fingerprint density at radius 2 is 1.84 bits per heavy atom. The van der Waals surface area contributed by atoms with Crippen molar-refractivity contribution in [1.29, 1.82) is 0 Å². The van der Waals surface area contributed by atoms with E-state index in [1.165, 1.54) is 24.3 Å². The van der Waals surface area contributed by atoms with E-state index in [9.17, 15) is 24.1 Å². The van der Waals surface area contributed by atoms with Gasteiger partial charge >= 0.3 is 16.9 Å². The molecule has 9 nitrogen and oxygen atoms in total. The Balaban J connectivity index is 1.92. The lowest BCUT2D eigenvalue weighted by molar-refractivity contribution is -0.386. The highest BCUT2D eigenvalue weighted by Gasteiger charge is 2.19. The molecular weight excluding hydrogens is 489 g/mol. The Hall–Kier alpha value is -3.73. The number of H-pyrrole nitrogens is 2. The third kappa shape index (κ3) is 5.49. The minimum absolute atomic E-state index is 0.175. The third-order valence-corrected chi connectivity index (χ3v) is 4.79. The second-order valence-corrected chi connectivity index (χ2v) is 7.29. The summed E-state index contributed by atoms with van der Waals surface area (Å²) < 4.78 is 25.1. The summed E-state index contributed by atoms with van der Waals surface area (Å²) in [5.41, 5.74) is -1.65. The van der Waals surface area contributed by atoms with Crippen LogP contribution < -0.4 is 20.7 Å². The Bertz CT molecular complexity index is 1280. The second kappa shape index (κ2) is 10.1. The van der Waals surface area contributed by atoms with Gasteiger partial charge in [-0.1, -0.05) is 18.2 Å². The molecule has 0 unspecified atom stereocenters. The molecule has 1 aromatic heterocycles. The van der Waals surface area contributed by atoms with Gasteiger partial charge in [-0.3, -0.25) is 19.9 Å². The summed E-state index contributed by atoms with van der Waals surface area (Å²) in [5.74, 6) is 0.476. The highest BCUT2D eigenvalue weighted by Crippen LogP contribution is 2.38. The average molecular weight is 506 g/mol. The van der Waals surface area contributed by atoms with Crippen LogP contribution in [0.25, 0.3) is 12.2 Å². The van der Waals surface area contributed by atoms with E-state index in [1.54, 1.807) is 31.2 Å². The fourth-order valence-corrected chi connectivity index (χ4v) is 3.38. The van der Waals surface area contributed by atoms with Crippen LogP contribution in [0.1, 0.15) is 23.7 Å². The maximum Gasteiger partial charge on any atom is 0.357 e. The van der Waals surface area contributed by atoms with Crippen molar-refractivity contribution < 1.29 is 18.8 Å². The predicted octanol–water partition coefficient (Wildman–Crippen LogP) is 4.02. The number of nitro groups is 1. The molecule has 0 aliphatic heterocycles. The van der Waals surface area contributed by atoms with Crippen LogP contribution in [0.2, 0.25) is 0 Å². The van der Waals surface area contributed by atoms with Crippen LogP contribution in [0.4, 0.5) is 10.1 Å². The Morgan fingerprint density at radius 3 is 2.50 bits per heavy atom. The molecule has 0 aliphatic rings. The summed E-state index contributed by atoms with van der Waals surface area (Å²) in [6.07, 6.45) is 2.74. The van der Waals surface area contributed by atoms with E-state index < -0.39 is 21.9 Å². The van der Waals surface area contributed by atoms with E-state index >= 15 is 0 Å². The summed E-state index contributed by atoms with van der Waals surface area (Å²) in [7, 11) is 0. The van der Waals surface area contributed by atoms with Crippen molar-refractivity contribution in [2.45, 2.75) is 13.5 Å². The Labute approximate surface area is 188 Å². The maximum atomic E-state index is 13.1. The number of ether oxygens (including phenoxy) is 2. The summed E-state index contributed by atoms with van der Waals surface area (Å²) in [6, 6.07) is 9.20. The first-order chi connectivity index (χ1) is 15.3. The van der Waals surface area contributed by atoms with E-state index in [2.05, 4.69) is 20.9 Å². The molecule has 0 amide bonds. The summed E-state index contributed by atoms with van der Waals surface area (Å²) in [6.45, 7) is 2.32. The minimum Gasteiger partial charge on any atom is -0.490 e. The molecule has 3 aromatic rings. The van der Waals surface area contributed by atoms with Crippen molar-refractivity contribution in [3.05, 3.63) is 94.5 Å². The molecule has 0 saturated heterocycles. The van der Waals surface area contributed by atoms with Crippen LogP contribution in [0, 0.1) is 15.9 Å². The van der Waals surface area contributed by atoms with E-state index in [1.807, 2.05) is 4.98 Å². The average Bonchev–Trinajstić information content (AvgIpc) is 2.72. The molecule has 0 fully saturated rings. The first-order valence-electron chi connectivity index (χ1n) is 9.31. The molecule has 32 heavy (non-hydrogen) atoms. The number of benzene rings is 2. The monoisotopic (exact) mass is 505 g/mol. The van der Waals surface area contributed by atoms with Gasteiger partial charge in [0.05, 0.1) is 16.0 Å². The van der Waals surface area contributed by atoms with Gasteiger partial charge in [-0.2, -0.15) is 0 Å². The van der Waals surface area contributed by atoms with Gasteiger partial charge in [0.1, 0.15) is 18.1 Å². The van der Waals surface area contributed by atoms with Gasteiger partial charge in [-0.05, 0) is 64.3 Å². The van der Waals surface area contributed by atoms with E-state index in [-0.39, 0.29) is 18.1 Å². The standard InChI is InChI=1S/C21H17BrFN3O6/c1-2-31-17-10-13(5-8-16-18(26(29)30)20(27)25-21(28)24-16)9-15(22)19(17)32-11-12-3-6-14(23)7-4-12/h3-10H,2,11H2,1H3,(H2,24,25,27,28)/b8-5+. The van der Waals surface area contributed by atoms with Crippen molar-refractivity contribution >= 4 is 33.8 Å². The number of hydrogen-bond acceptors (Lipinski definition) is 6. The van der Waals surface area contributed by atoms with Gasteiger partial charge in [0.25, 0.3) is 0 Å². The Morgan fingerprint density at radius 1 is 1.12 bits per heavy atom. The van der Waals surface area contributed by atoms with Crippen LogP contribution in [0.3, 0.4) is 0 Å². The first kappa shape index (κ1) is 22.9. The maximum absolute atomic E-state index is 13.1. The van der Waals surface area contributed by atoms with Gasteiger partial charge in [-0.25, -0.2) is 9.18 Å². The van der Waals surface area contributed by atoms with Crippen LogP contribution in [-0.2, 0) is 6.61 Å². The molecular formula is C21H17BrFN3O6. The van der Waals surface area contributed by atoms with Crippen molar-refractivity contribution in [2.75, 3.05) is 6.61 Å². The number of rotatable bonds is 8. The lowest BCUT2D eigenvalue weighted by Gasteiger charge is -2.15. The fourth-order valence-electron chi connectivity index (χ4n) is 2.80. The van der Waals surface area contributed by atoms with E-state index in [4.69, 9.17) is 9.47 Å². The second-order valence-electron chi connectivity index (χ2n) is 6.44. The van der Waals surface area contributed by atoms with Crippen LogP contribution in [-0.4, -0.2) is 21.5 Å². The van der Waals surface area contributed by atoms with Crippen LogP contribution >= 0.6 is 15.9 Å². The van der Waals surface area contributed by atoms with Crippen LogP contribution in [0.15, 0.2) is 50.5 Å². The highest BCUT2D eigenvalue weighted by molar-refractivity contribution is 9.10. The van der Waals surface area contributed by atoms with E-state index in [0.29, 0.717) is 28.1 Å². The van der Waals surface area contributed by atoms with Gasteiger partial charge in [-0.15, -0.1) is 0 Å². The zero-order valence-corrected chi connectivity index (χ0v) is 18.3. The molecule has 2 aromatic carbocycles. The number of aromatic nitrogens is 2. The van der Waals surface area contributed by atoms with Crippen molar-refractivity contribution in [3.63, 3.8) is 0 Å². The third-order valence-electron chi connectivity index (χ3n) is 4.20. The largest absolute Gasteiger partial charge is 0.490 e. The normalized spacial score (nSPS) is 11.0. The summed E-state index contributed by atoms with van der Waals surface area (Å²) >= 11 is 3.42. The molecule has 0 aliphatic carbocycles. The lowest BCUT2D eigenvalue weighted by Crippen LogP contribution is -2.25. The number of halogens is 2. The summed E-state index contributed by atoms with van der Waals surface area (Å²) in [5, 5.41) is 11.2. The quantitative estimate of drug-likeness (QED) is 0.351. The SMILES string of the molecule is CCOc1cc(/C=C/c2[nH]c(=O)[nH]c(=O)c2[N+](=O)[O-])cc(Br)c1OCc1ccc(F)cc1. The molecule has 1 heterocycles. The van der Waals surface area contributed by atoms with Crippen molar-refractivity contribution in [2.24, 2.45) is 0 Å². The predicted molar refractivity (Wildman–Crippen MR) is 119 cm³/mol. The molecule has 0 atom stereocenters. The van der Waals surface area contributed by atoms with E-state index in [0.717, 1.165) is 5.56 Å². The highest BCUT2D eigenvalue weighted by atomic mass is 79.9. The number of aromatic amines is 2. The van der Waals surface area contributed by atoms with Gasteiger partial charge < -0.3 is 14.5 Å². The number of nitrogens with one attached hydrogen (secondary N) is 2. The molecule has 0 spiro atoms. The van der Waals surface area contributed by atoms with Crippen LogP contribution in [0.5, 0.6) is 11.5 Å². The van der Waals surface area contributed by atoms with Crippen molar-refractivity contribution in [1.82, 2.24) is 9.97 Å². The Kier molecular flexibility index (Phi) is 7.21.